The standard InChI is InChI=1S/C14H21N3O2/c1-16(2)14(18)11-15-12-3-5-13(6-4-12)17-7-9-19-10-8-17/h3-6,15H,7-11H2,1-2H3. The summed E-state index contributed by atoms with van der Waals surface area (Å²) >= 11 is 0. The lowest BCUT2D eigenvalue weighted by Crippen LogP contribution is -2.36. The molecule has 1 aliphatic heterocycles. The van der Waals surface area contributed by atoms with Gasteiger partial charge in [0.05, 0.1) is 19.8 Å². The monoisotopic (exact) mass is 263 g/mol. The number of carbonyl (C=O) groups is 1. The molecule has 1 saturated heterocycles. The second-order valence-corrected chi connectivity index (χ2v) is 4.79. The maximum atomic E-state index is 11.5. The zero-order chi connectivity index (χ0) is 13.7. The van der Waals surface area contributed by atoms with Crippen molar-refractivity contribution < 1.29 is 9.53 Å². The third-order valence-corrected chi connectivity index (χ3v) is 3.19. The fraction of sp³-hybridized carbons (Fsp3) is 0.500. The van der Waals surface area contributed by atoms with Crippen molar-refractivity contribution in [2.24, 2.45) is 0 Å². The molecule has 1 aromatic rings. The van der Waals surface area contributed by atoms with Crippen molar-refractivity contribution in [3.8, 4) is 0 Å². The number of carbonyl (C=O) groups excluding carboxylic acids is 1. The summed E-state index contributed by atoms with van der Waals surface area (Å²) in [4.78, 5) is 15.4. The van der Waals surface area contributed by atoms with Gasteiger partial charge in [-0.3, -0.25) is 4.79 Å². The molecular weight excluding hydrogens is 242 g/mol. The summed E-state index contributed by atoms with van der Waals surface area (Å²) < 4.78 is 5.34. The minimum Gasteiger partial charge on any atom is -0.378 e. The summed E-state index contributed by atoms with van der Waals surface area (Å²) in [7, 11) is 3.51. The van der Waals surface area contributed by atoms with Gasteiger partial charge < -0.3 is 19.9 Å². The molecule has 0 aliphatic carbocycles. The summed E-state index contributed by atoms with van der Waals surface area (Å²) in [5.41, 5.74) is 2.17. The summed E-state index contributed by atoms with van der Waals surface area (Å²) in [6, 6.07) is 8.17. The minimum atomic E-state index is 0.0669. The number of hydrogen-bond donors (Lipinski definition) is 1. The van der Waals surface area contributed by atoms with Gasteiger partial charge >= 0.3 is 0 Å². The number of rotatable bonds is 4. The highest BCUT2D eigenvalue weighted by atomic mass is 16.5. The molecule has 0 aromatic heterocycles. The number of likely N-dealkylation sites (N-methyl/N-ethyl adjacent to an activating group) is 1. The number of anilines is 2. The maximum Gasteiger partial charge on any atom is 0.241 e. The number of morpholine rings is 1. The van der Waals surface area contributed by atoms with E-state index in [-0.39, 0.29) is 5.91 Å². The van der Waals surface area contributed by atoms with Crippen LogP contribution in [0.3, 0.4) is 0 Å². The molecule has 0 saturated carbocycles. The van der Waals surface area contributed by atoms with E-state index in [0.717, 1.165) is 32.0 Å². The summed E-state index contributed by atoms with van der Waals surface area (Å²) in [5.74, 6) is 0.0669. The average Bonchev–Trinajstić information content (AvgIpc) is 2.46. The Labute approximate surface area is 114 Å². The van der Waals surface area contributed by atoms with Gasteiger partial charge in [0.1, 0.15) is 0 Å². The van der Waals surface area contributed by atoms with Crippen LogP contribution in [0.4, 0.5) is 11.4 Å². The van der Waals surface area contributed by atoms with Crippen LogP contribution < -0.4 is 10.2 Å². The molecule has 5 nitrogen and oxygen atoms in total. The molecule has 0 radical (unpaired) electrons. The van der Waals surface area contributed by atoms with E-state index in [4.69, 9.17) is 4.74 Å². The Morgan fingerprint density at radius 3 is 2.47 bits per heavy atom. The van der Waals surface area contributed by atoms with Crippen LogP contribution in [0.1, 0.15) is 0 Å². The van der Waals surface area contributed by atoms with E-state index in [2.05, 4.69) is 22.3 Å². The molecule has 0 unspecified atom stereocenters. The molecule has 1 N–H and O–H groups in total. The van der Waals surface area contributed by atoms with Crippen molar-refractivity contribution in [3.05, 3.63) is 24.3 Å². The second kappa shape index (κ2) is 6.43. The first-order valence-electron chi connectivity index (χ1n) is 6.53. The predicted octanol–water partition coefficient (Wildman–Crippen LogP) is 1.02. The fourth-order valence-electron chi connectivity index (χ4n) is 1.95. The molecule has 0 atom stereocenters. The smallest absolute Gasteiger partial charge is 0.241 e. The van der Waals surface area contributed by atoms with Crippen LogP contribution in [-0.4, -0.2) is 57.8 Å². The molecule has 0 bridgehead atoms. The van der Waals surface area contributed by atoms with Gasteiger partial charge in [-0.1, -0.05) is 0 Å². The van der Waals surface area contributed by atoms with Crippen molar-refractivity contribution in [2.45, 2.75) is 0 Å². The van der Waals surface area contributed by atoms with E-state index in [9.17, 15) is 4.79 Å². The van der Waals surface area contributed by atoms with Crippen LogP contribution >= 0.6 is 0 Å². The van der Waals surface area contributed by atoms with Gasteiger partial charge in [-0.15, -0.1) is 0 Å². The Bertz CT molecular complexity index is 411. The Balaban J connectivity index is 1.89. The van der Waals surface area contributed by atoms with Crippen molar-refractivity contribution in [3.63, 3.8) is 0 Å². The molecule has 0 spiro atoms. The molecule has 104 valence electrons. The van der Waals surface area contributed by atoms with Gasteiger partial charge in [-0.05, 0) is 24.3 Å². The Hall–Kier alpha value is -1.75. The molecule has 1 aromatic carbocycles. The van der Waals surface area contributed by atoms with Crippen molar-refractivity contribution in [1.82, 2.24) is 4.90 Å². The van der Waals surface area contributed by atoms with E-state index < -0.39 is 0 Å². The predicted molar refractivity (Wildman–Crippen MR) is 76.7 cm³/mol. The molecular formula is C14H21N3O2. The van der Waals surface area contributed by atoms with E-state index in [1.54, 1.807) is 19.0 Å². The van der Waals surface area contributed by atoms with Crippen LogP contribution in [0, 0.1) is 0 Å². The van der Waals surface area contributed by atoms with Crippen LogP contribution in [0.5, 0.6) is 0 Å². The Morgan fingerprint density at radius 1 is 1.26 bits per heavy atom. The fourth-order valence-corrected chi connectivity index (χ4v) is 1.95. The van der Waals surface area contributed by atoms with E-state index in [1.165, 1.54) is 5.69 Å². The largest absolute Gasteiger partial charge is 0.378 e. The number of amides is 1. The lowest BCUT2D eigenvalue weighted by molar-refractivity contribution is -0.126. The molecule has 1 heterocycles. The van der Waals surface area contributed by atoms with Gasteiger partial charge in [0, 0.05) is 38.6 Å². The number of nitrogens with zero attached hydrogens (tertiary/aromatic N) is 2. The van der Waals surface area contributed by atoms with Crippen LogP contribution in [0.2, 0.25) is 0 Å². The van der Waals surface area contributed by atoms with E-state index in [1.807, 2.05) is 12.1 Å². The lowest BCUT2D eigenvalue weighted by Gasteiger charge is -2.28. The first-order chi connectivity index (χ1) is 9.16. The Morgan fingerprint density at radius 2 is 1.89 bits per heavy atom. The summed E-state index contributed by atoms with van der Waals surface area (Å²) in [6.45, 7) is 3.77. The Kier molecular flexibility index (Phi) is 4.63. The topological polar surface area (TPSA) is 44.8 Å². The third kappa shape index (κ3) is 3.86. The van der Waals surface area contributed by atoms with E-state index in [0.29, 0.717) is 6.54 Å². The summed E-state index contributed by atoms with van der Waals surface area (Å²) in [6.07, 6.45) is 0. The molecule has 2 rings (SSSR count). The van der Waals surface area contributed by atoms with Crippen molar-refractivity contribution in [1.29, 1.82) is 0 Å². The quantitative estimate of drug-likeness (QED) is 0.881. The molecule has 1 fully saturated rings. The summed E-state index contributed by atoms with van der Waals surface area (Å²) in [5, 5.41) is 3.12. The molecule has 5 heteroatoms. The highest BCUT2D eigenvalue weighted by Gasteiger charge is 2.10. The number of ether oxygens (including phenoxy) is 1. The van der Waals surface area contributed by atoms with Gasteiger partial charge in [0.15, 0.2) is 0 Å². The highest BCUT2D eigenvalue weighted by molar-refractivity contribution is 5.80. The van der Waals surface area contributed by atoms with E-state index >= 15 is 0 Å². The van der Waals surface area contributed by atoms with Crippen LogP contribution in [0.15, 0.2) is 24.3 Å². The lowest BCUT2D eigenvalue weighted by atomic mass is 10.2. The highest BCUT2D eigenvalue weighted by Crippen LogP contribution is 2.18. The van der Waals surface area contributed by atoms with Gasteiger partial charge in [-0.25, -0.2) is 0 Å². The van der Waals surface area contributed by atoms with Gasteiger partial charge in [-0.2, -0.15) is 0 Å². The SMILES string of the molecule is CN(C)C(=O)CNc1ccc(N2CCOCC2)cc1. The maximum absolute atomic E-state index is 11.5. The zero-order valence-electron chi connectivity index (χ0n) is 11.6. The molecule has 1 amide bonds. The first-order valence-corrected chi connectivity index (χ1v) is 6.53. The normalized spacial score (nSPS) is 15.2. The minimum absolute atomic E-state index is 0.0669. The first kappa shape index (κ1) is 13.7. The third-order valence-electron chi connectivity index (χ3n) is 3.19. The molecule has 1 aliphatic rings. The van der Waals surface area contributed by atoms with Gasteiger partial charge in [0.2, 0.25) is 5.91 Å². The average molecular weight is 263 g/mol. The van der Waals surface area contributed by atoms with Gasteiger partial charge in [0.25, 0.3) is 0 Å². The number of nitrogens with one attached hydrogen (secondary N) is 1. The molecule has 19 heavy (non-hydrogen) atoms. The zero-order valence-corrected chi connectivity index (χ0v) is 11.6. The number of hydrogen-bond acceptors (Lipinski definition) is 4. The number of benzene rings is 1. The van der Waals surface area contributed by atoms with Crippen LogP contribution in [0.25, 0.3) is 0 Å². The second-order valence-electron chi connectivity index (χ2n) is 4.79. The van der Waals surface area contributed by atoms with Crippen molar-refractivity contribution in [2.75, 3.05) is 57.2 Å². The van der Waals surface area contributed by atoms with Crippen LogP contribution in [-0.2, 0) is 9.53 Å². The van der Waals surface area contributed by atoms with Crippen molar-refractivity contribution >= 4 is 17.3 Å².